The maximum Gasteiger partial charge on any atom is 0.243 e. The highest BCUT2D eigenvalue weighted by Gasteiger charge is 2.32. The molecule has 7 nitrogen and oxygen atoms in total. The van der Waals surface area contributed by atoms with Crippen molar-refractivity contribution >= 4 is 15.9 Å². The monoisotopic (exact) mass is 382 g/mol. The maximum absolute atomic E-state index is 13.0. The van der Waals surface area contributed by atoms with Gasteiger partial charge in [-0.2, -0.15) is 9.57 Å². The van der Waals surface area contributed by atoms with Gasteiger partial charge >= 0.3 is 0 Å². The lowest BCUT2D eigenvalue weighted by Gasteiger charge is -2.36. The van der Waals surface area contributed by atoms with Crippen molar-refractivity contribution in [1.82, 2.24) is 14.1 Å². The molecule has 142 valence electrons. The van der Waals surface area contributed by atoms with Gasteiger partial charge in [0, 0.05) is 33.2 Å². The average molecular weight is 382 g/mol. The van der Waals surface area contributed by atoms with Crippen molar-refractivity contribution in [2.24, 2.45) is 0 Å². The van der Waals surface area contributed by atoms with E-state index < -0.39 is 21.4 Å². The molecule has 0 aromatic heterocycles. The van der Waals surface area contributed by atoms with Crippen LogP contribution in [0.15, 0.2) is 29.2 Å². The van der Waals surface area contributed by atoms with Gasteiger partial charge in [-0.05, 0) is 38.1 Å². The molecule has 1 aliphatic rings. The lowest BCUT2D eigenvalue weighted by atomic mass is 10.1. The topological polar surface area (TPSA) is 84.7 Å². The smallest absolute Gasteiger partial charge is 0.243 e. The SMILES string of the molecule is CN(C(=O)CN1CCN(S(=O)(=O)c2ccc(F)cc2)CC1)C(C)(C)C#N. The number of carbonyl (C=O) groups excluding carboxylic acids is 1. The highest BCUT2D eigenvalue weighted by molar-refractivity contribution is 7.89. The summed E-state index contributed by atoms with van der Waals surface area (Å²) in [5.74, 6) is -0.678. The van der Waals surface area contributed by atoms with E-state index in [1.165, 1.54) is 21.3 Å². The van der Waals surface area contributed by atoms with E-state index in [0.717, 1.165) is 12.1 Å². The Kier molecular flexibility index (Phi) is 6.01. The number of rotatable bonds is 5. The van der Waals surface area contributed by atoms with Gasteiger partial charge in [-0.1, -0.05) is 0 Å². The first-order chi connectivity index (χ1) is 12.1. The summed E-state index contributed by atoms with van der Waals surface area (Å²) in [5.41, 5.74) is -0.898. The van der Waals surface area contributed by atoms with Crippen LogP contribution in [0.2, 0.25) is 0 Å². The Morgan fingerprint density at radius 1 is 1.23 bits per heavy atom. The van der Waals surface area contributed by atoms with E-state index in [9.17, 15) is 17.6 Å². The molecule has 0 spiro atoms. The first-order valence-electron chi connectivity index (χ1n) is 8.24. The number of sulfonamides is 1. The summed E-state index contributed by atoms with van der Waals surface area (Å²) in [7, 11) is -2.09. The number of piperazine rings is 1. The molecule has 1 aromatic carbocycles. The van der Waals surface area contributed by atoms with Gasteiger partial charge in [0.1, 0.15) is 11.4 Å². The van der Waals surface area contributed by atoms with E-state index in [4.69, 9.17) is 5.26 Å². The predicted molar refractivity (Wildman–Crippen MR) is 94.1 cm³/mol. The Labute approximate surface area is 153 Å². The molecule has 1 saturated heterocycles. The second kappa shape index (κ2) is 7.70. The van der Waals surface area contributed by atoms with Crippen LogP contribution >= 0.6 is 0 Å². The highest BCUT2D eigenvalue weighted by Crippen LogP contribution is 2.18. The minimum Gasteiger partial charge on any atom is -0.326 e. The summed E-state index contributed by atoms with van der Waals surface area (Å²) in [4.78, 5) is 15.6. The number of nitriles is 1. The normalized spacial score (nSPS) is 16.9. The standard InChI is InChI=1S/C17H23FN4O3S/c1-17(2,13-19)20(3)16(23)12-21-8-10-22(11-9-21)26(24,25)15-6-4-14(18)5-7-15/h4-7H,8-12H2,1-3H3. The Morgan fingerprint density at radius 3 is 2.27 bits per heavy atom. The zero-order chi connectivity index (χ0) is 19.5. The van der Waals surface area contributed by atoms with Crippen LogP contribution in [0.5, 0.6) is 0 Å². The van der Waals surface area contributed by atoms with Crippen molar-refractivity contribution in [3.8, 4) is 6.07 Å². The van der Waals surface area contributed by atoms with Crippen LogP contribution in [0, 0.1) is 17.1 Å². The highest BCUT2D eigenvalue weighted by atomic mass is 32.2. The number of nitrogens with zero attached hydrogens (tertiary/aromatic N) is 4. The number of halogens is 1. The lowest BCUT2D eigenvalue weighted by Crippen LogP contribution is -2.53. The van der Waals surface area contributed by atoms with Crippen molar-refractivity contribution in [2.45, 2.75) is 24.3 Å². The van der Waals surface area contributed by atoms with Crippen molar-refractivity contribution < 1.29 is 17.6 Å². The Balaban J connectivity index is 1.96. The molecule has 0 saturated carbocycles. The number of amides is 1. The summed E-state index contributed by atoms with van der Waals surface area (Å²) in [6.07, 6.45) is 0. The molecule has 1 aromatic rings. The van der Waals surface area contributed by atoms with E-state index in [1.54, 1.807) is 20.9 Å². The first-order valence-corrected chi connectivity index (χ1v) is 9.68. The number of hydrogen-bond donors (Lipinski definition) is 0. The van der Waals surface area contributed by atoms with E-state index in [0.29, 0.717) is 13.1 Å². The molecular weight excluding hydrogens is 359 g/mol. The van der Waals surface area contributed by atoms with Gasteiger partial charge in [0.2, 0.25) is 15.9 Å². The molecule has 26 heavy (non-hydrogen) atoms. The molecule has 1 aliphatic heterocycles. The fourth-order valence-corrected chi connectivity index (χ4v) is 3.99. The Morgan fingerprint density at radius 2 is 1.77 bits per heavy atom. The number of benzene rings is 1. The van der Waals surface area contributed by atoms with E-state index in [1.807, 2.05) is 4.90 Å². The largest absolute Gasteiger partial charge is 0.326 e. The first kappa shape index (κ1) is 20.3. The summed E-state index contributed by atoms with van der Waals surface area (Å²) < 4.78 is 39.5. The van der Waals surface area contributed by atoms with Crippen LogP contribution in [0.4, 0.5) is 4.39 Å². The van der Waals surface area contributed by atoms with E-state index in [-0.39, 0.29) is 30.4 Å². The number of carbonyl (C=O) groups is 1. The minimum atomic E-state index is -3.67. The van der Waals surface area contributed by atoms with Gasteiger partial charge < -0.3 is 4.90 Å². The molecule has 9 heteroatoms. The molecule has 0 bridgehead atoms. The molecular formula is C17H23FN4O3S. The van der Waals surface area contributed by atoms with Crippen LogP contribution < -0.4 is 0 Å². The Bertz CT molecular complexity index is 794. The molecule has 0 unspecified atom stereocenters. The third-order valence-corrected chi connectivity index (χ3v) is 6.54. The second-order valence-corrected chi connectivity index (χ2v) is 8.70. The van der Waals surface area contributed by atoms with E-state index in [2.05, 4.69) is 6.07 Å². The average Bonchev–Trinajstić information content (AvgIpc) is 2.61. The van der Waals surface area contributed by atoms with Crippen LogP contribution in [0.1, 0.15) is 13.8 Å². The maximum atomic E-state index is 13.0. The molecule has 1 heterocycles. The summed E-state index contributed by atoms with van der Waals surface area (Å²) in [5, 5.41) is 9.11. The molecule has 0 aliphatic carbocycles. The van der Waals surface area contributed by atoms with Gasteiger partial charge in [0.05, 0.1) is 17.5 Å². The molecule has 0 N–H and O–H groups in total. The van der Waals surface area contributed by atoms with Crippen LogP contribution in [0.25, 0.3) is 0 Å². The number of hydrogen-bond acceptors (Lipinski definition) is 5. The zero-order valence-electron chi connectivity index (χ0n) is 15.1. The summed E-state index contributed by atoms with van der Waals surface area (Å²) >= 11 is 0. The fourth-order valence-electron chi connectivity index (χ4n) is 2.57. The third-order valence-electron chi connectivity index (χ3n) is 4.63. The molecule has 2 rings (SSSR count). The quantitative estimate of drug-likeness (QED) is 0.755. The minimum absolute atomic E-state index is 0.0546. The molecule has 1 amide bonds. The van der Waals surface area contributed by atoms with Gasteiger partial charge in [0.15, 0.2) is 0 Å². The van der Waals surface area contributed by atoms with E-state index >= 15 is 0 Å². The number of likely N-dealkylation sites (N-methyl/N-ethyl adjacent to an activating group) is 1. The zero-order valence-corrected chi connectivity index (χ0v) is 16.0. The molecule has 0 atom stereocenters. The van der Waals surface area contributed by atoms with Crippen LogP contribution in [-0.2, 0) is 14.8 Å². The summed E-state index contributed by atoms with van der Waals surface area (Å²) in [6.45, 7) is 4.78. The van der Waals surface area contributed by atoms with Crippen molar-refractivity contribution in [3.05, 3.63) is 30.1 Å². The van der Waals surface area contributed by atoms with Crippen molar-refractivity contribution in [3.63, 3.8) is 0 Å². The Hall–Kier alpha value is -2.02. The van der Waals surface area contributed by atoms with Gasteiger partial charge in [-0.15, -0.1) is 0 Å². The van der Waals surface area contributed by atoms with Crippen LogP contribution in [-0.4, -0.2) is 73.7 Å². The molecule has 1 fully saturated rings. The van der Waals surface area contributed by atoms with Crippen LogP contribution in [0.3, 0.4) is 0 Å². The lowest BCUT2D eigenvalue weighted by molar-refractivity contribution is -0.134. The molecule has 0 radical (unpaired) electrons. The van der Waals surface area contributed by atoms with Gasteiger partial charge in [-0.3, -0.25) is 9.69 Å². The fraction of sp³-hybridized carbons (Fsp3) is 0.529. The van der Waals surface area contributed by atoms with Crippen molar-refractivity contribution in [2.75, 3.05) is 39.8 Å². The second-order valence-electron chi connectivity index (χ2n) is 6.76. The predicted octanol–water partition coefficient (Wildman–Crippen LogP) is 0.893. The van der Waals surface area contributed by atoms with Gasteiger partial charge in [-0.25, -0.2) is 12.8 Å². The van der Waals surface area contributed by atoms with Crippen molar-refractivity contribution in [1.29, 1.82) is 5.26 Å². The summed E-state index contributed by atoms with van der Waals surface area (Å²) in [6, 6.07) is 6.82. The third kappa shape index (κ3) is 4.38. The van der Waals surface area contributed by atoms with Gasteiger partial charge in [0.25, 0.3) is 0 Å².